The maximum Gasteiger partial charge on any atom is 0.231 e. The Morgan fingerprint density at radius 2 is 1.93 bits per heavy atom. The first kappa shape index (κ1) is 17.6. The van der Waals surface area contributed by atoms with E-state index < -0.39 is 0 Å². The Labute approximate surface area is 163 Å². The number of amides is 1. The van der Waals surface area contributed by atoms with Crippen LogP contribution in [0.4, 0.5) is 5.69 Å². The molecule has 0 unspecified atom stereocenters. The predicted molar refractivity (Wildman–Crippen MR) is 107 cm³/mol. The molecule has 0 saturated carbocycles. The summed E-state index contributed by atoms with van der Waals surface area (Å²) in [5, 5.41) is 6.93. The number of nitrogens with one attached hydrogen (secondary N) is 2. The number of thiocarbonyl (C=S) groups is 1. The second-order valence-electron chi connectivity index (χ2n) is 6.56. The minimum absolute atomic E-state index is 0.234. The van der Waals surface area contributed by atoms with Gasteiger partial charge in [0.2, 0.25) is 12.7 Å². The molecule has 2 heterocycles. The first-order valence-electron chi connectivity index (χ1n) is 8.98. The van der Waals surface area contributed by atoms with E-state index in [9.17, 15) is 4.79 Å². The molecule has 6 nitrogen and oxygen atoms in total. The van der Waals surface area contributed by atoms with Crippen molar-refractivity contribution in [3.05, 3.63) is 53.6 Å². The van der Waals surface area contributed by atoms with Crippen LogP contribution in [0.1, 0.15) is 24.0 Å². The van der Waals surface area contributed by atoms with Crippen LogP contribution in [0.25, 0.3) is 0 Å². The van der Waals surface area contributed by atoms with Crippen LogP contribution in [-0.2, 0) is 17.9 Å². The fraction of sp³-hybridized carbons (Fsp3) is 0.300. The summed E-state index contributed by atoms with van der Waals surface area (Å²) in [5.41, 5.74) is 3.12. The molecule has 2 aromatic carbocycles. The summed E-state index contributed by atoms with van der Waals surface area (Å²) >= 11 is 5.41. The number of anilines is 1. The van der Waals surface area contributed by atoms with Crippen molar-refractivity contribution in [2.45, 2.75) is 25.9 Å². The van der Waals surface area contributed by atoms with Crippen LogP contribution in [-0.4, -0.2) is 29.3 Å². The van der Waals surface area contributed by atoms with Gasteiger partial charge in [-0.1, -0.05) is 24.3 Å². The highest BCUT2D eigenvalue weighted by Crippen LogP contribution is 2.34. The highest BCUT2D eigenvalue weighted by atomic mass is 32.1. The van der Waals surface area contributed by atoms with Gasteiger partial charge in [0, 0.05) is 37.8 Å². The van der Waals surface area contributed by atoms with Crippen LogP contribution in [0.5, 0.6) is 11.5 Å². The molecule has 2 aliphatic heterocycles. The molecule has 0 aliphatic carbocycles. The summed E-state index contributed by atoms with van der Waals surface area (Å²) in [6, 6.07) is 13.7. The lowest BCUT2D eigenvalue weighted by Crippen LogP contribution is -2.29. The number of likely N-dealkylation sites (tertiary alicyclic amines) is 1. The van der Waals surface area contributed by atoms with Gasteiger partial charge in [0.15, 0.2) is 16.6 Å². The van der Waals surface area contributed by atoms with Crippen molar-refractivity contribution in [2.75, 3.05) is 18.7 Å². The monoisotopic (exact) mass is 383 g/mol. The van der Waals surface area contributed by atoms with E-state index in [0.29, 0.717) is 30.4 Å². The van der Waals surface area contributed by atoms with Crippen LogP contribution in [0.3, 0.4) is 0 Å². The Hall–Kier alpha value is -2.80. The van der Waals surface area contributed by atoms with Gasteiger partial charge >= 0.3 is 0 Å². The van der Waals surface area contributed by atoms with E-state index in [1.807, 2.05) is 35.2 Å². The average molecular weight is 383 g/mol. The van der Waals surface area contributed by atoms with Gasteiger partial charge in [-0.2, -0.15) is 0 Å². The van der Waals surface area contributed by atoms with Crippen LogP contribution in [0.15, 0.2) is 42.5 Å². The van der Waals surface area contributed by atoms with E-state index in [2.05, 4.69) is 22.8 Å². The summed E-state index contributed by atoms with van der Waals surface area (Å²) in [6.45, 7) is 2.33. The van der Waals surface area contributed by atoms with E-state index >= 15 is 0 Å². The van der Waals surface area contributed by atoms with E-state index in [1.54, 1.807) is 0 Å². The first-order chi connectivity index (χ1) is 13.2. The molecule has 0 bridgehead atoms. The molecule has 0 radical (unpaired) electrons. The van der Waals surface area contributed by atoms with Crippen molar-refractivity contribution < 1.29 is 14.3 Å². The minimum Gasteiger partial charge on any atom is -0.454 e. The zero-order valence-corrected chi connectivity index (χ0v) is 15.7. The Kier molecular flexibility index (Phi) is 5.11. The maximum atomic E-state index is 11.9. The number of nitrogens with zero attached hydrogens (tertiary/aromatic N) is 1. The van der Waals surface area contributed by atoms with Gasteiger partial charge in [0.05, 0.1) is 0 Å². The van der Waals surface area contributed by atoms with Crippen molar-refractivity contribution >= 4 is 28.9 Å². The van der Waals surface area contributed by atoms with Crippen molar-refractivity contribution in [1.82, 2.24) is 10.2 Å². The summed E-state index contributed by atoms with van der Waals surface area (Å²) in [6.07, 6.45) is 1.60. The maximum absolute atomic E-state index is 11.9. The summed E-state index contributed by atoms with van der Waals surface area (Å²) in [5.74, 6) is 1.69. The third-order valence-corrected chi connectivity index (χ3v) is 4.97. The number of benzene rings is 2. The molecule has 0 spiro atoms. The molecule has 27 heavy (non-hydrogen) atoms. The quantitative estimate of drug-likeness (QED) is 0.774. The van der Waals surface area contributed by atoms with Crippen molar-refractivity contribution in [3.63, 3.8) is 0 Å². The van der Waals surface area contributed by atoms with E-state index in [1.165, 1.54) is 0 Å². The number of carbonyl (C=O) groups excluding carboxylic acids is 1. The number of rotatable bonds is 5. The molecule has 1 fully saturated rings. The third-order valence-electron chi connectivity index (χ3n) is 4.72. The molecule has 2 aromatic rings. The van der Waals surface area contributed by atoms with Gasteiger partial charge in [-0.05, 0) is 41.9 Å². The topological polar surface area (TPSA) is 62.8 Å². The number of hydrogen-bond donors (Lipinski definition) is 2. The zero-order valence-electron chi connectivity index (χ0n) is 14.9. The van der Waals surface area contributed by atoms with Gasteiger partial charge in [0.1, 0.15) is 0 Å². The molecular formula is C20H21N3O3S. The molecular weight excluding hydrogens is 362 g/mol. The summed E-state index contributed by atoms with van der Waals surface area (Å²) in [4.78, 5) is 13.8. The van der Waals surface area contributed by atoms with Crippen LogP contribution >= 0.6 is 12.2 Å². The van der Waals surface area contributed by atoms with Crippen molar-refractivity contribution in [1.29, 1.82) is 0 Å². The summed E-state index contributed by atoms with van der Waals surface area (Å²) in [7, 11) is 0. The molecule has 2 N–H and O–H groups in total. The minimum atomic E-state index is 0.234. The molecule has 1 saturated heterocycles. The second kappa shape index (κ2) is 7.84. The Balaban J connectivity index is 1.35. The number of fused-ring (bicyclic) bond motifs is 1. The van der Waals surface area contributed by atoms with Crippen LogP contribution in [0.2, 0.25) is 0 Å². The number of ether oxygens (including phenoxy) is 2. The molecule has 1 amide bonds. The van der Waals surface area contributed by atoms with Gasteiger partial charge in [-0.25, -0.2) is 0 Å². The molecule has 2 aliphatic rings. The SMILES string of the molecule is O=C1CCCN1Cc1ccccc1CNC(=S)Nc1ccc2c(c1)OCO2. The van der Waals surface area contributed by atoms with Crippen molar-refractivity contribution in [3.8, 4) is 11.5 Å². The summed E-state index contributed by atoms with van der Waals surface area (Å²) < 4.78 is 10.7. The van der Waals surface area contributed by atoms with Crippen LogP contribution < -0.4 is 20.1 Å². The van der Waals surface area contributed by atoms with Gasteiger partial charge < -0.3 is 25.0 Å². The molecule has 0 aromatic heterocycles. The Morgan fingerprint density at radius 3 is 2.74 bits per heavy atom. The number of hydrogen-bond acceptors (Lipinski definition) is 4. The van der Waals surface area contributed by atoms with Gasteiger partial charge in [-0.15, -0.1) is 0 Å². The fourth-order valence-electron chi connectivity index (χ4n) is 3.29. The highest BCUT2D eigenvalue weighted by Gasteiger charge is 2.21. The second-order valence-corrected chi connectivity index (χ2v) is 6.97. The van der Waals surface area contributed by atoms with E-state index in [-0.39, 0.29) is 12.7 Å². The first-order valence-corrected chi connectivity index (χ1v) is 9.39. The lowest BCUT2D eigenvalue weighted by Gasteiger charge is -2.19. The molecule has 4 rings (SSSR count). The van der Waals surface area contributed by atoms with E-state index in [0.717, 1.165) is 35.5 Å². The normalized spacial score (nSPS) is 15.1. The smallest absolute Gasteiger partial charge is 0.231 e. The molecule has 140 valence electrons. The molecule has 0 atom stereocenters. The van der Waals surface area contributed by atoms with Gasteiger partial charge in [0.25, 0.3) is 0 Å². The zero-order chi connectivity index (χ0) is 18.6. The largest absolute Gasteiger partial charge is 0.454 e. The predicted octanol–water partition coefficient (Wildman–Crippen LogP) is 3.02. The van der Waals surface area contributed by atoms with Gasteiger partial charge in [-0.3, -0.25) is 4.79 Å². The van der Waals surface area contributed by atoms with E-state index in [4.69, 9.17) is 21.7 Å². The number of carbonyl (C=O) groups is 1. The highest BCUT2D eigenvalue weighted by molar-refractivity contribution is 7.80. The fourth-order valence-corrected chi connectivity index (χ4v) is 3.48. The van der Waals surface area contributed by atoms with Crippen molar-refractivity contribution in [2.24, 2.45) is 0 Å². The van der Waals surface area contributed by atoms with Crippen LogP contribution in [0, 0.1) is 0 Å². The Morgan fingerprint density at radius 1 is 1.11 bits per heavy atom. The lowest BCUT2D eigenvalue weighted by atomic mass is 10.1. The standard InChI is InChI=1S/C20H21N3O3S/c24-19-6-3-9-23(19)12-15-5-2-1-4-14(15)11-21-20(27)22-16-7-8-17-18(10-16)26-13-25-17/h1-2,4-5,7-8,10H,3,6,9,11-13H2,(H2,21,22,27). The average Bonchev–Trinajstić information content (AvgIpc) is 3.30. The Bertz CT molecular complexity index is 871. The third kappa shape index (κ3) is 4.14. The molecule has 7 heteroatoms. The lowest BCUT2D eigenvalue weighted by molar-refractivity contribution is -0.128.